The molecular weight excluding hydrogens is 244 g/mol. The van der Waals surface area contributed by atoms with Crippen molar-refractivity contribution in [1.82, 2.24) is 4.57 Å². The fourth-order valence-corrected chi connectivity index (χ4v) is 2.29. The highest BCUT2D eigenvalue weighted by Gasteiger charge is 2.44. The number of nitrogens with zero attached hydrogens (tertiary/aromatic N) is 2. The molecule has 0 bridgehead atoms. The van der Waals surface area contributed by atoms with Crippen LogP contribution in [0.2, 0.25) is 0 Å². The Morgan fingerprint density at radius 1 is 1.42 bits per heavy atom. The summed E-state index contributed by atoms with van der Waals surface area (Å²) in [6, 6.07) is 0. The van der Waals surface area contributed by atoms with Crippen molar-refractivity contribution in [3.63, 3.8) is 0 Å². The highest BCUT2D eigenvalue weighted by molar-refractivity contribution is 5.90. The monoisotopic (exact) mass is 263 g/mol. The second-order valence-electron chi connectivity index (χ2n) is 4.57. The largest absolute Gasteiger partial charge is 0.374 e. The molecule has 0 N–H and O–H groups in total. The first-order valence-corrected chi connectivity index (χ1v) is 6.10. The molecular formula is C14H19N2O3+. The zero-order valence-corrected chi connectivity index (χ0v) is 11.4. The van der Waals surface area contributed by atoms with Crippen LogP contribution >= 0.6 is 0 Å². The van der Waals surface area contributed by atoms with E-state index in [0.29, 0.717) is 0 Å². The molecule has 2 unspecified atom stereocenters. The minimum atomic E-state index is -1.05. The van der Waals surface area contributed by atoms with E-state index in [9.17, 15) is 4.79 Å². The third-order valence-electron chi connectivity index (χ3n) is 3.34. The maximum atomic E-state index is 12.6. The minimum Gasteiger partial charge on any atom is -0.374 e. The van der Waals surface area contributed by atoms with Crippen LogP contribution in [-0.2, 0) is 27.9 Å². The molecule has 0 spiro atoms. The zero-order valence-electron chi connectivity index (χ0n) is 11.4. The number of methoxy groups -OCH3 is 2. The third-order valence-corrected chi connectivity index (χ3v) is 3.34. The van der Waals surface area contributed by atoms with Crippen LogP contribution in [0.25, 0.3) is 0 Å². The number of allylic oxidation sites excluding steroid dienone is 2. The summed E-state index contributed by atoms with van der Waals surface area (Å²) in [7, 11) is 5.02. The molecule has 0 aliphatic heterocycles. The summed E-state index contributed by atoms with van der Waals surface area (Å²) in [5, 5.41) is 0. The highest BCUT2D eigenvalue weighted by atomic mass is 16.5. The number of rotatable bonds is 5. The van der Waals surface area contributed by atoms with Gasteiger partial charge in [-0.2, -0.15) is 0 Å². The lowest BCUT2D eigenvalue weighted by atomic mass is 9.87. The molecule has 0 saturated carbocycles. The average Bonchev–Trinajstić information content (AvgIpc) is 2.83. The van der Waals surface area contributed by atoms with E-state index in [1.54, 1.807) is 13.2 Å². The van der Waals surface area contributed by atoms with Crippen LogP contribution in [0, 0.1) is 0 Å². The van der Waals surface area contributed by atoms with Gasteiger partial charge in [0.25, 0.3) is 0 Å². The topological polar surface area (TPSA) is 44.3 Å². The van der Waals surface area contributed by atoms with Crippen LogP contribution in [0.4, 0.5) is 0 Å². The summed E-state index contributed by atoms with van der Waals surface area (Å²) in [5.41, 5.74) is -1.05. The van der Waals surface area contributed by atoms with Gasteiger partial charge in [-0.25, -0.2) is 9.13 Å². The molecule has 0 amide bonds. The number of imidazole rings is 1. The van der Waals surface area contributed by atoms with E-state index in [4.69, 9.17) is 9.47 Å². The van der Waals surface area contributed by atoms with Crippen molar-refractivity contribution >= 4 is 5.78 Å². The molecule has 1 aliphatic carbocycles. The van der Waals surface area contributed by atoms with Crippen LogP contribution in [0.15, 0.2) is 43.0 Å². The Morgan fingerprint density at radius 3 is 2.79 bits per heavy atom. The number of hydrogen-bond acceptors (Lipinski definition) is 3. The first-order chi connectivity index (χ1) is 9.12. The molecule has 0 fully saturated rings. The lowest BCUT2D eigenvalue weighted by Crippen LogP contribution is -2.51. The number of carbonyl (C=O) groups excluding carboxylic acids is 1. The SMILES string of the molecule is COC1C=CC=CC1(OC)C(=O)Cn1cc[n+](C)c1. The van der Waals surface area contributed by atoms with Crippen LogP contribution < -0.4 is 4.57 Å². The molecule has 19 heavy (non-hydrogen) atoms. The van der Waals surface area contributed by atoms with E-state index < -0.39 is 11.7 Å². The number of carbonyl (C=O) groups is 1. The van der Waals surface area contributed by atoms with Gasteiger partial charge >= 0.3 is 0 Å². The van der Waals surface area contributed by atoms with Gasteiger partial charge in [-0.1, -0.05) is 18.2 Å². The number of hydrogen-bond donors (Lipinski definition) is 0. The number of aryl methyl sites for hydroxylation is 1. The molecule has 1 aromatic rings. The van der Waals surface area contributed by atoms with Gasteiger partial charge in [0.1, 0.15) is 18.5 Å². The second-order valence-corrected chi connectivity index (χ2v) is 4.57. The predicted molar refractivity (Wildman–Crippen MR) is 69.4 cm³/mol. The smallest absolute Gasteiger partial charge is 0.243 e. The van der Waals surface area contributed by atoms with E-state index in [1.807, 2.05) is 53.1 Å². The van der Waals surface area contributed by atoms with E-state index >= 15 is 0 Å². The fraction of sp³-hybridized carbons (Fsp3) is 0.429. The molecule has 1 aliphatic rings. The van der Waals surface area contributed by atoms with Crippen molar-refractivity contribution in [1.29, 1.82) is 0 Å². The Labute approximate surface area is 112 Å². The maximum absolute atomic E-state index is 12.6. The van der Waals surface area contributed by atoms with E-state index in [-0.39, 0.29) is 12.3 Å². The van der Waals surface area contributed by atoms with Crippen molar-refractivity contribution < 1.29 is 18.8 Å². The third kappa shape index (κ3) is 2.52. The van der Waals surface area contributed by atoms with Crippen molar-refractivity contribution in [2.45, 2.75) is 18.2 Å². The molecule has 0 radical (unpaired) electrons. The molecule has 2 atom stereocenters. The molecule has 5 heteroatoms. The minimum absolute atomic E-state index is 0.0429. The molecule has 2 rings (SSSR count). The van der Waals surface area contributed by atoms with Gasteiger partial charge < -0.3 is 9.47 Å². The number of ether oxygens (including phenoxy) is 2. The number of aromatic nitrogens is 2. The summed E-state index contributed by atoms with van der Waals surface area (Å²) < 4.78 is 14.6. The Morgan fingerprint density at radius 2 is 2.21 bits per heavy atom. The summed E-state index contributed by atoms with van der Waals surface area (Å²) >= 11 is 0. The molecule has 0 aromatic carbocycles. The summed E-state index contributed by atoms with van der Waals surface area (Å²) in [6.07, 6.45) is 12.4. The van der Waals surface area contributed by atoms with Crippen LogP contribution in [0.3, 0.4) is 0 Å². The summed E-state index contributed by atoms with van der Waals surface area (Å²) in [4.78, 5) is 12.6. The van der Waals surface area contributed by atoms with Gasteiger partial charge in [0.15, 0.2) is 12.1 Å². The second kappa shape index (κ2) is 5.50. The van der Waals surface area contributed by atoms with Gasteiger partial charge in [-0.05, 0) is 6.08 Å². The van der Waals surface area contributed by atoms with Crippen LogP contribution in [0.5, 0.6) is 0 Å². The normalized spacial score (nSPS) is 25.7. The zero-order chi connectivity index (χ0) is 13.9. The van der Waals surface area contributed by atoms with Crippen molar-refractivity contribution in [3.8, 4) is 0 Å². The Balaban J connectivity index is 2.23. The van der Waals surface area contributed by atoms with E-state index in [0.717, 1.165) is 0 Å². The average molecular weight is 263 g/mol. The standard InChI is InChI=1S/C14H19N2O3/c1-15-8-9-16(11-15)10-12(17)14(19-3)7-5-4-6-13(14)18-2/h4-9,11,13H,10H2,1-3H3/q+1. The first kappa shape index (κ1) is 13.7. The fourth-order valence-electron chi connectivity index (χ4n) is 2.29. The van der Waals surface area contributed by atoms with Gasteiger partial charge in [0.2, 0.25) is 12.1 Å². The molecule has 0 saturated heterocycles. The van der Waals surface area contributed by atoms with Crippen LogP contribution in [0.1, 0.15) is 0 Å². The van der Waals surface area contributed by atoms with Crippen molar-refractivity contribution in [2.24, 2.45) is 7.05 Å². The molecule has 5 nitrogen and oxygen atoms in total. The predicted octanol–water partition coefficient (Wildman–Crippen LogP) is 0.408. The summed E-state index contributed by atoms with van der Waals surface area (Å²) in [5.74, 6) is -0.0429. The Hall–Kier alpha value is -1.72. The van der Waals surface area contributed by atoms with Gasteiger partial charge in [0, 0.05) is 14.2 Å². The molecule has 102 valence electrons. The van der Waals surface area contributed by atoms with Crippen molar-refractivity contribution in [2.75, 3.05) is 14.2 Å². The van der Waals surface area contributed by atoms with E-state index in [1.165, 1.54) is 7.11 Å². The molecule has 1 aromatic heterocycles. The van der Waals surface area contributed by atoms with Gasteiger partial charge in [0.05, 0.1) is 7.05 Å². The van der Waals surface area contributed by atoms with Gasteiger partial charge in [-0.15, -0.1) is 0 Å². The van der Waals surface area contributed by atoms with E-state index in [2.05, 4.69) is 0 Å². The number of ketones is 1. The lowest BCUT2D eigenvalue weighted by Gasteiger charge is -2.34. The van der Waals surface area contributed by atoms with Crippen LogP contribution in [-0.4, -0.2) is 36.3 Å². The quantitative estimate of drug-likeness (QED) is 0.723. The van der Waals surface area contributed by atoms with Crippen molar-refractivity contribution in [3.05, 3.63) is 43.0 Å². The maximum Gasteiger partial charge on any atom is 0.243 e. The highest BCUT2D eigenvalue weighted by Crippen LogP contribution is 2.26. The Kier molecular flexibility index (Phi) is 3.97. The Bertz CT molecular complexity index is 519. The first-order valence-electron chi connectivity index (χ1n) is 6.10. The number of Topliss-reactive ketones (excluding diaryl/α,β-unsaturated/α-hetero) is 1. The lowest BCUT2D eigenvalue weighted by molar-refractivity contribution is -0.671. The summed E-state index contributed by atoms with van der Waals surface area (Å²) in [6.45, 7) is 0.243. The molecule has 1 heterocycles. The van der Waals surface area contributed by atoms with Gasteiger partial charge in [-0.3, -0.25) is 4.79 Å².